The van der Waals surface area contributed by atoms with Gasteiger partial charge in [0.1, 0.15) is 17.5 Å². The topological polar surface area (TPSA) is 64.2 Å². The summed E-state index contributed by atoms with van der Waals surface area (Å²) in [5.74, 6) is 3.85. The zero-order valence-electron chi connectivity index (χ0n) is 15.8. The zero-order chi connectivity index (χ0) is 17.9. The molecule has 0 aliphatic carbocycles. The first-order valence-electron chi connectivity index (χ1n) is 9.57. The van der Waals surface area contributed by atoms with E-state index in [0.717, 1.165) is 82.8 Å². The van der Waals surface area contributed by atoms with Crippen molar-refractivity contribution in [2.75, 3.05) is 39.4 Å². The molecule has 8 heteroatoms. The van der Waals surface area contributed by atoms with Crippen LogP contribution in [0.2, 0.25) is 0 Å². The Morgan fingerprint density at radius 1 is 0.962 bits per heavy atom. The fourth-order valence-electron chi connectivity index (χ4n) is 3.93. The predicted molar refractivity (Wildman–Crippen MR) is 97.6 cm³/mol. The largest absolute Gasteiger partial charge is 0.379 e. The highest BCUT2D eigenvalue weighted by molar-refractivity contribution is 5.04. The van der Waals surface area contributed by atoms with Crippen molar-refractivity contribution < 1.29 is 4.74 Å². The third kappa shape index (κ3) is 3.82. The van der Waals surface area contributed by atoms with Gasteiger partial charge in [-0.1, -0.05) is 0 Å². The molecule has 2 fully saturated rings. The summed E-state index contributed by atoms with van der Waals surface area (Å²) in [7, 11) is 4.18. The molecule has 0 N–H and O–H groups in total. The van der Waals surface area contributed by atoms with Crippen molar-refractivity contribution in [2.45, 2.75) is 31.8 Å². The average Bonchev–Trinajstić information content (AvgIpc) is 3.23. The number of hydrogen-bond donors (Lipinski definition) is 0. The number of aromatic nitrogens is 5. The van der Waals surface area contributed by atoms with E-state index >= 15 is 0 Å². The lowest BCUT2D eigenvalue weighted by Gasteiger charge is -2.31. The summed E-state index contributed by atoms with van der Waals surface area (Å²) in [5, 5.41) is 9.02. The van der Waals surface area contributed by atoms with Crippen molar-refractivity contribution in [2.24, 2.45) is 14.1 Å². The molecule has 2 aromatic rings. The predicted octanol–water partition coefficient (Wildman–Crippen LogP) is 0.760. The Hall–Kier alpha value is -1.77. The van der Waals surface area contributed by atoms with Crippen molar-refractivity contribution >= 4 is 0 Å². The molecule has 0 aromatic carbocycles. The van der Waals surface area contributed by atoms with Crippen molar-refractivity contribution in [3.05, 3.63) is 29.9 Å². The molecule has 0 amide bonds. The maximum absolute atomic E-state index is 5.43. The highest BCUT2D eigenvalue weighted by Crippen LogP contribution is 2.27. The van der Waals surface area contributed by atoms with Crippen LogP contribution in [-0.2, 0) is 31.9 Å². The van der Waals surface area contributed by atoms with Gasteiger partial charge < -0.3 is 13.9 Å². The van der Waals surface area contributed by atoms with Gasteiger partial charge in [-0.15, -0.1) is 10.2 Å². The molecule has 4 heterocycles. The Bertz CT molecular complexity index is 711. The molecule has 2 aliphatic heterocycles. The zero-order valence-corrected chi connectivity index (χ0v) is 15.8. The molecule has 0 saturated carbocycles. The van der Waals surface area contributed by atoms with Crippen LogP contribution in [0.3, 0.4) is 0 Å². The van der Waals surface area contributed by atoms with Crippen LogP contribution in [-0.4, -0.2) is 73.5 Å². The van der Waals surface area contributed by atoms with Crippen LogP contribution in [0.4, 0.5) is 0 Å². The standard InChI is InChI=1S/C18H29N7O/c1-22-8-5-19-16(22)13-24-6-3-15(4-7-24)18-21-20-17(23(18)2)14-25-9-11-26-12-10-25/h5,8,15H,3-4,6-7,9-14H2,1-2H3. The lowest BCUT2D eigenvalue weighted by atomic mass is 9.96. The Morgan fingerprint density at radius 3 is 2.35 bits per heavy atom. The molecule has 0 atom stereocenters. The lowest BCUT2D eigenvalue weighted by molar-refractivity contribution is 0.0326. The summed E-state index contributed by atoms with van der Waals surface area (Å²) in [6.45, 7) is 7.56. The summed E-state index contributed by atoms with van der Waals surface area (Å²) in [6, 6.07) is 0. The highest BCUT2D eigenvalue weighted by atomic mass is 16.5. The SMILES string of the molecule is Cn1ccnc1CN1CCC(c2nnc(CN3CCOCC3)n2C)CC1. The number of nitrogens with zero attached hydrogens (tertiary/aromatic N) is 7. The maximum Gasteiger partial charge on any atom is 0.146 e. The van der Waals surface area contributed by atoms with Gasteiger partial charge in [-0.05, 0) is 25.9 Å². The smallest absolute Gasteiger partial charge is 0.146 e. The van der Waals surface area contributed by atoms with Crippen molar-refractivity contribution in [1.29, 1.82) is 0 Å². The van der Waals surface area contributed by atoms with Crippen LogP contribution < -0.4 is 0 Å². The molecule has 26 heavy (non-hydrogen) atoms. The number of likely N-dealkylation sites (tertiary alicyclic amines) is 1. The molecule has 4 rings (SSSR count). The number of piperidine rings is 1. The molecular weight excluding hydrogens is 330 g/mol. The first-order valence-corrected chi connectivity index (χ1v) is 9.57. The fraction of sp³-hybridized carbons (Fsp3) is 0.722. The number of imidazole rings is 1. The van der Waals surface area contributed by atoms with Crippen LogP contribution >= 0.6 is 0 Å². The Labute approximate surface area is 154 Å². The third-order valence-electron chi connectivity index (χ3n) is 5.71. The van der Waals surface area contributed by atoms with Gasteiger partial charge in [-0.2, -0.15) is 0 Å². The molecule has 2 saturated heterocycles. The molecule has 0 unspecified atom stereocenters. The molecule has 2 aliphatic rings. The minimum absolute atomic E-state index is 0.503. The number of ether oxygens (including phenoxy) is 1. The summed E-state index contributed by atoms with van der Waals surface area (Å²) in [5.41, 5.74) is 0. The van der Waals surface area contributed by atoms with Gasteiger partial charge in [0.05, 0.1) is 26.3 Å². The Balaban J connectivity index is 1.33. The highest BCUT2D eigenvalue weighted by Gasteiger charge is 2.26. The Morgan fingerprint density at radius 2 is 1.65 bits per heavy atom. The van der Waals surface area contributed by atoms with E-state index in [-0.39, 0.29) is 0 Å². The van der Waals surface area contributed by atoms with Gasteiger partial charge in [0.15, 0.2) is 0 Å². The van der Waals surface area contributed by atoms with E-state index in [1.165, 1.54) is 0 Å². The molecule has 0 spiro atoms. The van der Waals surface area contributed by atoms with E-state index < -0.39 is 0 Å². The number of morpholine rings is 1. The van der Waals surface area contributed by atoms with E-state index in [1.54, 1.807) is 0 Å². The molecule has 0 radical (unpaired) electrons. The van der Waals surface area contributed by atoms with Crippen LogP contribution in [0.5, 0.6) is 0 Å². The second-order valence-electron chi connectivity index (χ2n) is 7.43. The monoisotopic (exact) mass is 359 g/mol. The average molecular weight is 359 g/mol. The first-order chi connectivity index (χ1) is 12.7. The van der Waals surface area contributed by atoms with Crippen molar-refractivity contribution in [3.8, 4) is 0 Å². The van der Waals surface area contributed by atoms with E-state index in [9.17, 15) is 0 Å². The Kier molecular flexibility index (Phi) is 5.33. The molecule has 0 bridgehead atoms. The van der Waals surface area contributed by atoms with Gasteiger partial charge in [0, 0.05) is 45.5 Å². The number of hydrogen-bond acceptors (Lipinski definition) is 6. The van der Waals surface area contributed by atoms with Gasteiger partial charge in [0.2, 0.25) is 0 Å². The number of aryl methyl sites for hydroxylation is 1. The van der Waals surface area contributed by atoms with Crippen LogP contribution in [0.25, 0.3) is 0 Å². The maximum atomic E-state index is 5.43. The molecule has 142 valence electrons. The second-order valence-corrected chi connectivity index (χ2v) is 7.43. The van der Waals surface area contributed by atoms with Crippen LogP contribution in [0.1, 0.15) is 36.2 Å². The van der Waals surface area contributed by atoms with E-state index in [1.807, 2.05) is 12.4 Å². The van der Waals surface area contributed by atoms with E-state index in [0.29, 0.717) is 5.92 Å². The number of rotatable bonds is 5. The van der Waals surface area contributed by atoms with Gasteiger partial charge >= 0.3 is 0 Å². The minimum atomic E-state index is 0.503. The summed E-state index contributed by atoms with van der Waals surface area (Å²) in [4.78, 5) is 9.33. The first kappa shape index (κ1) is 17.6. The van der Waals surface area contributed by atoms with Crippen LogP contribution in [0, 0.1) is 0 Å². The van der Waals surface area contributed by atoms with Crippen molar-refractivity contribution in [1.82, 2.24) is 34.1 Å². The molecule has 8 nitrogen and oxygen atoms in total. The van der Waals surface area contributed by atoms with E-state index in [4.69, 9.17) is 4.74 Å². The van der Waals surface area contributed by atoms with Gasteiger partial charge in [-0.25, -0.2) is 4.98 Å². The summed E-state index contributed by atoms with van der Waals surface area (Å²) >= 11 is 0. The van der Waals surface area contributed by atoms with Crippen LogP contribution in [0.15, 0.2) is 12.4 Å². The molecular formula is C18H29N7O. The van der Waals surface area contributed by atoms with Gasteiger partial charge in [0.25, 0.3) is 0 Å². The second kappa shape index (κ2) is 7.85. The van der Waals surface area contributed by atoms with Gasteiger partial charge in [-0.3, -0.25) is 9.80 Å². The quantitative estimate of drug-likeness (QED) is 0.785. The minimum Gasteiger partial charge on any atom is -0.379 e. The summed E-state index contributed by atoms with van der Waals surface area (Å²) < 4.78 is 9.75. The lowest BCUT2D eigenvalue weighted by Crippen LogP contribution is -2.36. The molecule has 2 aromatic heterocycles. The normalized spacial score (nSPS) is 20.7. The van der Waals surface area contributed by atoms with E-state index in [2.05, 4.69) is 48.2 Å². The van der Waals surface area contributed by atoms with Crippen molar-refractivity contribution in [3.63, 3.8) is 0 Å². The summed E-state index contributed by atoms with van der Waals surface area (Å²) in [6.07, 6.45) is 6.15. The third-order valence-corrected chi connectivity index (χ3v) is 5.71. The fourth-order valence-corrected chi connectivity index (χ4v) is 3.93.